The van der Waals surface area contributed by atoms with Gasteiger partial charge < -0.3 is 25.1 Å². The topological polar surface area (TPSA) is 87.9 Å². The summed E-state index contributed by atoms with van der Waals surface area (Å²) in [6.07, 6.45) is 2.74. The molecule has 1 amide bonds. The highest BCUT2D eigenvalue weighted by Gasteiger charge is 2.13. The van der Waals surface area contributed by atoms with Crippen LogP contribution in [0.3, 0.4) is 0 Å². The molecule has 0 aliphatic heterocycles. The number of amides is 1. The average molecular weight is 429 g/mol. The zero-order valence-electron chi connectivity index (χ0n) is 19.1. The number of rotatable bonds is 12. The minimum atomic E-state index is -0.136. The lowest BCUT2D eigenvalue weighted by Gasteiger charge is -2.21. The maximum absolute atomic E-state index is 12.4. The summed E-state index contributed by atoms with van der Waals surface area (Å²) in [5, 5.41) is 9.51. The van der Waals surface area contributed by atoms with Gasteiger partial charge in [0.2, 0.25) is 0 Å². The fourth-order valence-electron chi connectivity index (χ4n) is 3.16. The summed E-state index contributed by atoms with van der Waals surface area (Å²) < 4.78 is 11.1. The second-order valence-corrected chi connectivity index (χ2v) is 7.61. The van der Waals surface area contributed by atoms with Crippen LogP contribution in [0.4, 0.5) is 0 Å². The van der Waals surface area contributed by atoms with Crippen LogP contribution in [0, 0.1) is 5.92 Å². The van der Waals surface area contributed by atoms with Gasteiger partial charge in [-0.2, -0.15) is 0 Å². The quantitative estimate of drug-likeness (QED) is 0.354. The van der Waals surface area contributed by atoms with Crippen molar-refractivity contribution in [3.63, 3.8) is 0 Å². The van der Waals surface area contributed by atoms with E-state index in [0.29, 0.717) is 24.6 Å². The first-order valence-corrected chi connectivity index (χ1v) is 11.1. The van der Waals surface area contributed by atoms with Crippen molar-refractivity contribution >= 4 is 11.9 Å². The Morgan fingerprint density at radius 2 is 1.97 bits per heavy atom. The molecule has 7 heteroatoms. The number of carbonyl (C=O) groups is 1. The number of hydrogen-bond acceptors (Lipinski definition) is 4. The smallest absolute Gasteiger partial charge is 0.251 e. The van der Waals surface area contributed by atoms with Gasteiger partial charge >= 0.3 is 0 Å². The maximum atomic E-state index is 12.4. The highest BCUT2D eigenvalue weighted by molar-refractivity contribution is 5.94. The Morgan fingerprint density at radius 1 is 1.13 bits per heavy atom. The summed E-state index contributed by atoms with van der Waals surface area (Å²) in [6.45, 7) is 11.6. The molecule has 2 aromatic rings. The fourth-order valence-corrected chi connectivity index (χ4v) is 3.16. The molecule has 0 saturated carbocycles. The third-order valence-electron chi connectivity index (χ3n) is 4.80. The second-order valence-electron chi connectivity index (χ2n) is 7.61. The minimum Gasteiger partial charge on any atom is -0.467 e. The van der Waals surface area contributed by atoms with Crippen LogP contribution in [0.25, 0.3) is 0 Å². The number of ether oxygens (including phenoxy) is 1. The first-order chi connectivity index (χ1) is 15.0. The number of nitrogens with zero attached hydrogens (tertiary/aromatic N) is 1. The lowest BCUT2D eigenvalue weighted by Crippen LogP contribution is -2.39. The van der Waals surface area contributed by atoms with Gasteiger partial charge in [-0.05, 0) is 56.0 Å². The Labute approximate surface area is 185 Å². The number of guanidine groups is 1. The van der Waals surface area contributed by atoms with Gasteiger partial charge in [0.1, 0.15) is 5.76 Å². The van der Waals surface area contributed by atoms with Crippen molar-refractivity contribution in [1.82, 2.24) is 16.0 Å². The van der Waals surface area contributed by atoms with Crippen molar-refractivity contribution in [2.24, 2.45) is 10.9 Å². The maximum Gasteiger partial charge on any atom is 0.251 e. The summed E-state index contributed by atoms with van der Waals surface area (Å²) in [6, 6.07) is 11.2. The molecule has 1 atom stereocenters. The molecule has 2 rings (SSSR count). The number of carbonyl (C=O) groups excluding carboxylic acids is 1. The molecule has 1 aromatic heterocycles. The zero-order valence-corrected chi connectivity index (χ0v) is 19.1. The van der Waals surface area contributed by atoms with E-state index in [0.717, 1.165) is 43.4 Å². The lowest BCUT2D eigenvalue weighted by molar-refractivity contribution is 0.0258. The second kappa shape index (κ2) is 13.5. The van der Waals surface area contributed by atoms with Gasteiger partial charge in [0.05, 0.1) is 25.5 Å². The minimum absolute atomic E-state index is 0.136. The number of nitrogens with one attached hydrogen (secondary N) is 3. The van der Waals surface area contributed by atoms with E-state index in [-0.39, 0.29) is 12.0 Å². The van der Waals surface area contributed by atoms with Crippen molar-refractivity contribution in [3.05, 3.63) is 59.5 Å². The van der Waals surface area contributed by atoms with E-state index in [4.69, 9.17) is 9.15 Å². The summed E-state index contributed by atoms with van der Waals surface area (Å²) >= 11 is 0. The summed E-state index contributed by atoms with van der Waals surface area (Å²) in [7, 11) is 0. The van der Waals surface area contributed by atoms with Crippen LogP contribution in [0.15, 0.2) is 52.1 Å². The standard InChI is InChI=1S/C24H36N4O3/c1-5-25-24(26-13-12-22(18(3)4)30-6-2)28-16-19-9-7-10-20(15-19)23(29)27-17-21-11-8-14-31-21/h7-11,14-15,18,22H,5-6,12-13,16-17H2,1-4H3,(H,27,29)(H2,25,26,28). The Balaban J connectivity index is 1.91. The largest absolute Gasteiger partial charge is 0.467 e. The van der Waals surface area contributed by atoms with Gasteiger partial charge in [0.15, 0.2) is 5.96 Å². The molecule has 0 radical (unpaired) electrons. The van der Waals surface area contributed by atoms with Crippen molar-refractivity contribution in [2.45, 2.75) is 53.3 Å². The molecular formula is C24H36N4O3. The van der Waals surface area contributed by atoms with E-state index >= 15 is 0 Å². The monoisotopic (exact) mass is 428 g/mol. The molecule has 1 unspecified atom stereocenters. The van der Waals surface area contributed by atoms with Gasteiger partial charge in [-0.3, -0.25) is 4.79 Å². The van der Waals surface area contributed by atoms with E-state index in [9.17, 15) is 4.79 Å². The van der Waals surface area contributed by atoms with E-state index in [2.05, 4.69) is 34.8 Å². The summed E-state index contributed by atoms with van der Waals surface area (Å²) in [5.74, 6) is 1.82. The zero-order chi connectivity index (χ0) is 22.5. The molecule has 0 aliphatic rings. The number of aliphatic imine (C=N–C) groups is 1. The van der Waals surface area contributed by atoms with Gasteiger partial charge in [-0.25, -0.2) is 4.99 Å². The number of furan rings is 1. The predicted octanol–water partition coefficient (Wildman–Crippen LogP) is 3.72. The average Bonchev–Trinajstić information content (AvgIpc) is 3.29. The molecular weight excluding hydrogens is 392 g/mol. The first kappa shape index (κ1) is 24.5. The first-order valence-electron chi connectivity index (χ1n) is 11.1. The number of hydrogen-bond donors (Lipinski definition) is 3. The van der Waals surface area contributed by atoms with Crippen LogP contribution in [-0.2, 0) is 17.8 Å². The Morgan fingerprint density at radius 3 is 2.65 bits per heavy atom. The van der Waals surface area contributed by atoms with E-state index in [1.54, 1.807) is 18.4 Å². The van der Waals surface area contributed by atoms with Gasteiger partial charge in [-0.15, -0.1) is 0 Å². The van der Waals surface area contributed by atoms with Crippen LogP contribution in [0.2, 0.25) is 0 Å². The molecule has 0 spiro atoms. The highest BCUT2D eigenvalue weighted by atomic mass is 16.5. The molecule has 170 valence electrons. The van der Waals surface area contributed by atoms with E-state index in [1.165, 1.54) is 0 Å². The molecule has 0 bridgehead atoms. The summed E-state index contributed by atoms with van der Waals surface area (Å²) in [5.41, 5.74) is 1.57. The molecule has 31 heavy (non-hydrogen) atoms. The lowest BCUT2D eigenvalue weighted by atomic mass is 10.0. The van der Waals surface area contributed by atoms with Crippen LogP contribution in [0.5, 0.6) is 0 Å². The van der Waals surface area contributed by atoms with Crippen molar-refractivity contribution in [1.29, 1.82) is 0 Å². The number of benzene rings is 1. The molecule has 1 aromatic carbocycles. The molecule has 0 saturated heterocycles. The SMILES string of the molecule is CCNC(=NCc1cccc(C(=O)NCc2ccco2)c1)NCCC(OCC)C(C)C. The predicted molar refractivity (Wildman–Crippen MR) is 124 cm³/mol. The Kier molecular flexibility index (Phi) is 10.6. The van der Waals surface area contributed by atoms with Gasteiger partial charge in [0.25, 0.3) is 5.91 Å². The van der Waals surface area contributed by atoms with E-state index < -0.39 is 0 Å². The fraction of sp³-hybridized carbons (Fsp3) is 0.500. The molecule has 0 aliphatic carbocycles. The van der Waals surface area contributed by atoms with Crippen LogP contribution >= 0.6 is 0 Å². The molecule has 1 heterocycles. The summed E-state index contributed by atoms with van der Waals surface area (Å²) in [4.78, 5) is 17.1. The van der Waals surface area contributed by atoms with E-state index in [1.807, 2.05) is 38.1 Å². The van der Waals surface area contributed by atoms with Gasteiger partial charge in [-0.1, -0.05) is 26.0 Å². The van der Waals surface area contributed by atoms with Gasteiger partial charge in [0, 0.05) is 25.3 Å². The Hall–Kier alpha value is -2.80. The van der Waals surface area contributed by atoms with Crippen LogP contribution in [-0.4, -0.2) is 37.7 Å². The normalized spacial score (nSPS) is 12.6. The third kappa shape index (κ3) is 8.84. The third-order valence-corrected chi connectivity index (χ3v) is 4.80. The highest BCUT2D eigenvalue weighted by Crippen LogP contribution is 2.10. The Bertz CT molecular complexity index is 803. The van der Waals surface area contributed by atoms with Crippen LogP contribution < -0.4 is 16.0 Å². The van der Waals surface area contributed by atoms with Crippen molar-refractivity contribution in [3.8, 4) is 0 Å². The molecule has 7 nitrogen and oxygen atoms in total. The van der Waals surface area contributed by atoms with Crippen molar-refractivity contribution in [2.75, 3.05) is 19.7 Å². The molecule has 3 N–H and O–H groups in total. The molecule has 0 fully saturated rings. The van der Waals surface area contributed by atoms with Crippen LogP contribution in [0.1, 0.15) is 55.8 Å². The van der Waals surface area contributed by atoms with Crippen molar-refractivity contribution < 1.29 is 13.9 Å².